The third-order valence-corrected chi connectivity index (χ3v) is 0. The molecule has 0 N–H and O–H groups in total. The first kappa shape index (κ1) is 17.7. The van der Waals surface area contributed by atoms with Crippen LogP contribution in [0.3, 0.4) is 0 Å². The van der Waals surface area contributed by atoms with Gasteiger partial charge in [-0.05, 0) is 10.1 Å². The van der Waals surface area contributed by atoms with E-state index >= 15 is 0 Å². The Balaban J connectivity index is -0.00000000500. The van der Waals surface area contributed by atoms with Gasteiger partial charge in [-0.25, -0.2) is 0 Å². The molecule has 0 heterocycles. The van der Waals surface area contributed by atoms with Crippen LogP contribution in [0.4, 0.5) is 0 Å². The minimum absolute atomic E-state index is 0. The molecule has 4 heteroatoms. The standard InChI is InChI=1S/BH3Si.Cu.Nb/c1-2;;/h2H3;;. The molecule has 0 aliphatic rings. The minimum atomic E-state index is 0. The summed E-state index contributed by atoms with van der Waals surface area (Å²) in [6.45, 7) is 0. The minimum Gasteiger partial charge on any atom is -0.0388 e. The molecule has 0 fully saturated rings. The van der Waals surface area contributed by atoms with Crippen LogP contribution in [0.1, 0.15) is 0 Å². The van der Waals surface area contributed by atoms with Crippen molar-refractivity contribution in [1.29, 1.82) is 0 Å². The van der Waals surface area contributed by atoms with Gasteiger partial charge in [0.05, 0.1) is 0 Å². The molecule has 4 heavy (non-hydrogen) atoms. The van der Waals surface area contributed by atoms with E-state index in [0.29, 0.717) is 0 Å². The third-order valence-electron chi connectivity index (χ3n) is 0. The Morgan fingerprint density at radius 2 is 1.25 bits per heavy atom. The van der Waals surface area contributed by atoms with E-state index in [2.05, 4.69) is 7.44 Å². The fourth-order valence-electron chi connectivity index (χ4n) is 0. The van der Waals surface area contributed by atoms with Crippen molar-refractivity contribution in [1.82, 2.24) is 0 Å². The van der Waals surface area contributed by atoms with Gasteiger partial charge in [-0.3, -0.25) is 0 Å². The van der Waals surface area contributed by atoms with Crippen molar-refractivity contribution >= 4 is 17.6 Å². The smallest absolute Gasteiger partial charge is 0.0388 e. The molecular formula is H3BCuNbSi. The van der Waals surface area contributed by atoms with E-state index in [0.717, 1.165) is 10.1 Å². The molecule has 0 aromatic carbocycles. The molecule has 0 unspecified atom stereocenters. The largest absolute Gasteiger partial charge is 0.0434 e. The van der Waals surface area contributed by atoms with E-state index in [4.69, 9.17) is 0 Å². The van der Waals surface area contributed by atoms with Crippen LogP contribution in [0.5, 0.6) is 0 Å². The monoisotopic (exact) mass is 198 g/mol. The third kappa shape index (κ3) is 9.63. The van der Waals surface area contributed by atoms with Crippen LogP contribution in [0.15, 0.2) is 0 Å². The zero-order valence-electron chi connectivity index (χ0n) is 2.33. The predicted octanol–water partition coefficient (Wildman–Crippen LogP) is -1.57. The van der Waals surface area contributed by atoms with E-state index in [-0.39, 0.29) is 39.4 Å². The molecule has 26 valence electrons. The van der Waals surface area contributed by atoms with Crippen molar-refractivity contribution in [3.63, 3.8) is 0 Å². The van der Waals surface area contributed by atoms with Crippen LogP contribution in [0.25, 0.3) is 0 Å². The van der Waals surface area contributed by atoms with Gasteiger partial charge in [0.15, 0.2) is 0 Å². The Morgan fingerprint density at radius 3 is 1.25 bits per heavy atom. The van der Waals surface area contributed by atoms with Crippen LogP contribution in [-0.4, -0.2) is 17.6 Å². The molecule has 0 spiro atoms. The second-order valence-corrected chi connectivity index (χ2v) is 0. The van der Waals surface area contributed by atoms with Gasteiger partial charge >= 0.3 is 0 Å². The summed E-state index contributed by atoms with van der Waals surface area (Å²) in [5.41, 5.74) is 0. The molecule has 0 aromatic rings. The van der Waals surface area contributed by atoms with E-state index < -0.39 is 0 Å². The zero-order valence-corrected chi connectivity index (χ0v) is 7.47. The van der Waals surface area contributed by atoms with E-state index in [1.807, 2.05) is 0 Å². The maximum atomic E-state index is 4.64. The quantitative estimate of drug-likeness (QED) is 0.413. The Labute approximate surface area is 56.9 Å². The van der Waals surface area contributed by atoms with Crippen molar-refractivity contribution in [3.8, 4) is 0 Å². The van der Waals surface area contributed by atoms with Crippen LogP contribution < -0.4 is 0 Å². The molecule has 0 aliphatic carbocycles. The van der Waals surface area contributed by atoms with Gasteiger partial charge in [-0.2, -0.15) is 0 Å². The first-order valence-corrected chi connectivity index (χ1v) is 1.73. The van der Waals surface area contributed by atoms with Crippen molar-refractivity contribution in [3.05, 3.63) is 0 Å². The molecule has 0 aliphatic heterocycles. The van der Waals surface area contributed by atoms with Crippen LogP contribution in [0.2, 0.25) is 0 Å². The van der Waals surface area contributed by atoms with Crippen molar-refractivity contribution < 1.29 is 39.4 Å². The summed E-state index contributed by atoms with van der Waals surface area (Å²) in [5, 5.41) is 0. The Morgan fingerprint density at radius 1 is 1.25 bits per heavy atom. The summed E-state index contributed by atoms with van der Waals surface area (Å²) in [5.74, 6) is 0. The summed E-state index contributed by atoms with van der Waals surface area (Å²) in [6.07, 6.45) is 0. The molecule has 0 atom stereocenters. The molecule has 0 nitrogen and oxygen atoms in total. The average Bonchev–Trinajstić information content (AvgIpc) is 1.00. The molecule has 0 aromatic heterocycles. The number of rotatable bonds is 0. The maximum absolute atomic E-state index is 4.64. The van der Waals surface area contributed by atoms with Crippen molar-refractivity contribution in [2.75, 3.05) is 0 Å². The summed E-state index contributed by atoms with van der Waals surface area (Å²) < 4.78 is 0. The van der Waals surface area contributed by atoms with Gasteiger partial charge in [0.2, 0.25) is 0 Å². The van der Waals surface area contributed by atoms with Gasteiger partial charge in [0.1, 0.15) is 0 Å². The summed E-state index contributed by atoms with van der Waals surface area (Å²) in [6, 6.07) is 0. The fraction of sp³-hybridized carbons (Fsp3) is 0. The second-order valence-electron chi connectivity index (χ2n) is 0. The molecular weight excluding hydrogens is 195 g/mol. The van der Waals surface area contributed by atoms with Gasteiger partial charge in [0, 0.05) is 46.9 Å². The Bertz CT molecular complexity index is 8.00. The van der Waals surface area contributed by atoms with Gasteiger partial charge in [-0.15, -0.1) is 0 Å². The molecule has 0 bridgehead atoms. The Kier molecular flexibility index (Phi) is 106. The normalized spacial score (nSPS) is 2.00. The fourth-order valence-corrected chi connectivity index (χ4v) is 0. The number of hydrogen-bond acceptors (Lipinski definition) is 0. The maximum Gasteiger partial charge on any atom is 0.0434 e. The van der Waals surface area contributed by atoms with E-state index in [1.165, 1.54) is 0 Å². The second kappa shape index (κ2) is 24.0. The van der Waals surface area contributed by atoms with E-state index in [1.54, 1.807) is 0 Å². The van der Waals surface area contributed by atoms with Gasteiger partial charge in [-0.1, -0.05) is 0 Å². The zero-order chi connectivity index (χ0) is 2.00. The number of hydrogen-bond donors (Lipinski definition) is 0. The topological polar surface area (TPSA) is 0 Å². The first-order chi connectivity index (χ1) is 1.00. The molecule has 0 amide bonds. The SMILES string of the molecule is [B][SiH3].[Cu].[Nb]. The average molecular weight is 198 g/mol. The van der Waals surface area contributed by atoms with Crippen LogP contribution in [-0.2, 0) is 39.4 Å². The van der Waals surface area contributed by atoms with Crippen molar-refractivity contribution in [2.45, 2.75) is 0 Å². The summed E-state index contributed by atoms with van der Waals surface area (Å²) in [7, 11) is 5.44. The van der Waals surface area contributed by atoms with Gasteiger partial charge < -0.3 is 0 Å². The van der Waals surface area contributed by atoms with Crippen molar-refractivity contribution in [2.24, 2.45) is 0 Å². The molecule has 4 radical (unpaired) electrons. The van der Waals surface area contributed by atoms with E-state index in [9.17, 15) is 0 Å². The Hall–Kier alpha value is 1.54. The van der Waals surface area contributed by atoms with Gasteiger partial charge in [0.25, 0.3) is 0 Å². The summed E-state index contributed by atoms with van der Waals surface area (Å²) in [4.78, 5) is 0. The predicted molar refractivity (Wildman–Crippen MR) is 15.7 cm³/mol. The molecule has 0 saturated heterocycles. The van der Waals surface area contributed by atoms with Crippen LogP contribution in [0, 0.1) is 0 Å². The molecule has 0 saturated carbocycles. The summed E-state index contributed by atoms with van der Waals surface area (Å²) >= 11 is 0. The molecule has 0 rings (SSSR count). The first-order valence-electron chi connectivity index (χ1n) is 0.577. The van der Waals surface area contributed by atoms with Crippen LogP contribution >= 0.6 is 0 Å².